The minimum absolute atomic E-state index is 0.0756. The van der Waals surface area contributed by atoms with Crippen LogP contribution in [0.2, 0.25) is 0 Å². The third-order valence-electron chi connectivity index (χ3n) is 2.93. The topological polar surface area (TPSA) is 45.6 Å². The molecule has 4 nitrogen and oxygen atoms in total. The predicted octanol–water partition coefficient (Wildman–Crippen LogP) is 3.71. The number of hydrogen-bond acceptors (Lipinski definition) is 3. The van der Waals surface area contributed by atoms with Gasteiger partial charge in [-0.1, -0.05) is 6.07 Å². The van der Waals surface area contributed by atoms with Crippen LogP contribution >= 0.6 is 12.2 Å². The van der Waals surface area contributed by atoms with Crippen LogP contribution in [0.4, 0.5) is 27.6 Å². The molecule has 0 aliphatic carbocycles. The Morgan fingerprint density at radius 1 is 1.04 bits per heavy atom. The van der Waals surface area contributed by atoms with Gasteiger partial charge in [0, 0.05) is 11.8 Å². The van der Waals surface area contributed by atoms with Gasteiger partial charge in [0.15, 0.2) is 28.4 Å². The molecule has 2 aromatic carbocycles. The van der Waals surface area contributed by atoms with E-state index in [1.54, 1.807) is 24.3 Å². The molecule has 0 spiro atoms. The quantitative estimate of drug-likeness (QED) is 0.214. The molecule has 0 atom stereocenters. The molecule has 0 bridgehead atoms. The number of ether oxygens (including phenoxy) is 1. The fraction of sp³-hybridized carbons (Fsp3) is 0.0667. The van der Waals surface area contributed by atoms with Crippen molar-refractivity contribution >= 4 is 29.2 Å². The standard InChI is InChI=1S/C15H10F5N3OS/c1-24-8-4-2-3-7(5-8)22-15(25)23-21-6-9-10(16)12(18)14(20)13(19)11(9)17/h2-6H,1H3,(H2,22,23,25)/b21-6-. The number of nitrogens with one attached hydrogen (secondary N) is 2. The number of anilines is 1. The molecule has 0 aliphatic rings. The lowest BCUT2D eigenvalue weighted by atomic mass is 10.2. The fourth-order valence-corrected chi connectivity index (χ4v) is 1.92. The summed E-state index contributed by atoms with van der Waals surface area (Å²) in [5.41, 5.74) is 1.55. The van der Waals surface area contributed by atoms with Gasteiger partial charge in [0.25, 0.3) is 0 Å². The Kier molecular flexibility index (Phi) is 5.86. The van der Waals surface area contributed by atoms with Crippen LogP contribution in [0.15, 0.2) is 29.4 Å². The van der Waals surface area contributed by atoms with Gasteiger partial charge < -0.3 is 10.1 Å². The largest absolute Gasteiger partial charge is 0.497 e. The summed E-state index contributed by atoms with van der Waals surface area (Å²) in [4.78, 5) is 0. The van der Waals surface area contributed by atoms with Crippen molar-refractivity contribution in [3.05, 3.63) is 58.9 Å². The van der Waals surface area contributed by atoms with E-state index in [0.29, 0.717) is 17.7 Å². The van der Waals surface area contributed by atoms with Crippen LogP contribution < -0.4 is 15.5 Å². The number of methoxy groups -OCH3 is 1. The molecule has 25 heavy (non-hydrogen) atoms. The zero-order chi connectivity index (χ0) is 18.6. The highest BCUT2D eigenvalue weighted by atomic mass is 32.1. The second-order valence-corrected chi connectivity index (χ2v) is 4.95. The lowest BCUT2D eigenvalue weighted by Crippen LogP contribution is -2.24. The first-order valence-electron chi connectivity index (χ1n) is 6.60. The Balaban J connectivity index is 2.09. The molecule has 2 N–H and O–H groups in total. The highest BCUT2D eigenvalue weighted by Gasteiger charge is 2.24. The Morgan fingerprint density at radius 2 is 1.64 bits per heavy atom. The van der Waals surface area contributed by atoms with Crippen LogP contribution in [0.3, 0.4) is 0 Å². The molecular formula is C15H10F5N3OS. The van der Waals surface area contributed by atoms with E-state index in [1.807, 2.05) is 0 Å². The highest BCUT2D eigenvalue weighted by Crippen LogP contribution is 2.21. The monoisotopic (exact) mass is 375 g/mol. The van der Waals surface area contributed by atoms with Gasteiger partial charge in [0.05, 0.1) is 18.9 Å². The summed E-state index contributed by atoms with van der Waals surface area (Å²) >= 11 is 4.90. The summed E-state index contributed by atoms with van der Waals surface area (Å²) in [6.07, 6.45) is 0.440. The van der Waals surface area contributed by atoms with Crippen LogP contribution in [0, 0.1) is 29.1 Å². The van der Waals surface area contributed by atoms with Crippen molar-refractivity contribution in [2.45, 2.75) is 0 Å². The molecule has 132 valence electrons. The SMILES string of the molecule is COc1cccc(NC(=S)N/N=C\c2c(F)c(F)c(F)c(F)c2F)c1. The molecule has 2 rings (SSSR count). The van der Waals surface area contributed by atoms with Gasteiger partial charge in [-0.05, 0) is 24.4 Å². The third kappa shape index (κ3) is 4.21. The zero-order valence-electron chi connectivity index (χ0n) is 12.5. The Bertz CT molecular complexity index is 815. The van der Waals surface area contributed by atoms with Crippen molar-refractivity contribution < 1.29 is 26.7 Å². The normalized spacial score (nSPS) is 10.8. The van der Waals surface area contributed by atoms with Crippen LogP contribution in [0.5, 0.6) is 5.75 Å². The van der Waals surface area contributed by atoms with Crippen LogP contribution in [-0.4, -0.2) is 18.4 Å². The first kappa shape index (κ1) is 18.6. The molecule has 0 aromatic heterocycles. The van der Waals surface area contributed by atoms with Crippen molar-refractivity contribution in [3.8, 4) is 5.75 Å². The van der Waals surface area contributed by atoms with Gasteiger partial charge in [-0.3, -0.25) is 5.43 Å². The summed E-state index contributed by atoms with van der Waals surface area (Å²) in [6, 6.07) is 6.65. The third-order valence-corrected chi connectivity index (χ3v) is 3.12. The van der Waals surface area contributed by atoms with Crippen LogP contribution in [-0.2, 0) is 0 Å². The fourth-order valence-electron chi connectivity index (χ4n) is 1.75. The van der Waals surface area contributed by atoms with Crippen molar-refractivity contribution in [1.29, 1.82) is 0 Å². The molecule has 0 amide bonds. The summed E-state index contributed by atoms with van der Waals surface area (Å²) in [7, 11) is 1.48. The molecule has 0 fully saturated rings. The number of halogens is 5. The van der Waals surface area contributed by atoms with Crippen molar-refractivity contribution in [2.75, 3.05) is 12.4 Å². The van der Waals surface area contributed by atoms with Gasteiger partial charge in [0.2, 0.25) is 5.82 Å². The summed E-state index contributed by atoms with van der Waals surface area (Å²) < 4.78 is 71.0. The lowest BCUT2D eigenvalue weighted by Gasteiger charge is -2.08. The summed E-state index contributed by atoms with van der Waals surface area (Å²) in [5, 5.41) is 5.99. The molecule has 2 aromatic rings. The van der Waals surface area contributed by atoms with Gasteiger partial charge in [-0.2, -0.15) is 5.10 Å². The van der Waals surface area contributed by atoms with E-state index in [9.17, 15) is 22.0 Å². The van der Waals surface area contributed by atoms with E-state index in [-0.39, 0.29) is 5.11 Å². The van der Waals surface area contributed by atoms with E-state index in [0.717, 1.165) is 0 Å². The van der Waals surface area contributed by atoms with E-state index in [4.69, 9.17) is 17.0 Å². The number of nitrogens with zero attached hydrogens (tertiary/aromatic N) is 1. The Morgan fingerprint density at radius 3 is 2.24 bits per heavy atom. The van der Waals surface area contributed by atoms with Gasteiger partial charge in [-0.25, -0.2) is 22.0 Å². The minimum Gasteiger partial charge on any atom is -0.497 e. The minimum atomic E-state index is -2.24. The number of hydrogen-bond donors (Lipinski definition) is 2. The molecular weight excluding hydrogens is 365 g/mol. The molecule has 0 heterocycles. The van der Waals surface area contributed by atoms with Gasteiger partial charge >= 0.3 is 0 Å². The maximum absolute atomic E-state index is 13.5. The molecule has 10 heteroatoms. The maximum atomic E-state index is 13.5. The maximum Gasteiger partial charge on any atom is 0.200 e. The molecule has 0 unspecified atom stereocenters. The molecule has 0 radical (unpaired) electrons. The first-order valence-corrected chi connectivity index (χ1v) is 7.01. The predicted molar refractivity (Wildman–Crippen MR) is 86.2 cm³/mol. The molecule has 0 saturated carbocycles. The number of rotatable bonds is 4. The number of thiocarbonyl (C=S) groups is 1. The molecule has 0 aliphatic heterocycles. The first-order chi connectivity index (χ1) is 11.8. The van der Waals surface area contributed by atoms with Gasteiger partial charge in [0.1, 0.15) is 5.75 Å². The van der Waals surface area contributed by atoms with Crippen LogP contribution in [0.1, 0.15) is 5.56 Å². The average molecular weight is 375 g/mol. The average Bonchev–Trinajstić information content (AvgIpc) is 2.61. The second-order valence-electron chi connectivity index (χ2n) is 4.54. The van der Waals surface area contributed by atoms with Crippen molar-refractivity contribution in [3.63, 3.8) is 0 Å². The van der Waals surface area contributed by atoms with Crippen molar-refractivity contribution in [2.24, 2.45) is 5.10 Å². The smallest absolute Gasteiger partial charge is 0.200 e. The van der Waals surface area contributed by atoms with Crippen molar-refractivity contribution in [1.82, 2.24) is 5.43 Å². The second kappa shape index (κ2) is 7.88. The molecule has 0 saturated heterocycles. The summed E-state index contributed by atoms with van der Waals surface area (Å²) in [5.74, 6) is -9.79. The number of hydrazone groups is 1. The highest BCUT2D eigenvalue weighted by molar-refractivity contribution is 7.80. The Labute approximate surface area is 144 Å². The van der Waals surface area contributed by atoms with Crippen LogP contribution in [0.25, 0.3) is 0 Å². The Hall–Kier alpha value is -2.75. The zero-order valence-corrected chi connectivity index (χ0v) is 13.4. The van der Waals surface area contributed by atoms with Gasteiger partial charge in [-0.15, -0.1) is 0 Å². The van der Waals surface area contributed by atoms with E-state index in [2.05, 4.69) is 15.8 Å². The van der Waals surface area contributed by atoms with E-state index < -0.39 is 34.6 Å². The summed E-state index contributed by atoms with van der Waals surface area (Å²) in [6.45, 7) is 0. The van der Waals surface area contributed by atoms with E-state index >= 15 is 0 Å². The lowest BCUT2D eigenvalue weighted by molar-refractivity contribution is 0.377. The number of benzene rings is 2. The van der Waals surface area contributed by atoms with E-state index in [1.165, 1.54) is 7.11 Å².